The van der Waals surface area contributed by atoms with E-state index in [2.05, 4.69) is 21.7 Å². The molecule has 0 bridgehead atoms. The fourth-order valence-corrected chi connectivity index (χ4v) is 3.25. The zero-order chi connectivity index (χ0) is 16.2. The lowest BCUT2D eigenvalue weighted by Crippen LogP contribution is -2.23. The zero-order valence-corrected chi connectivity index (χ0v) is 13.5. The predicted molar refractivity (Wildman–Crippen MR) is 87.9 cm³/mol. The van der Waals surface area contributed by atoms with Gasteiger partial charge in [0.15, 0.2) is 0 Å². The Morgan fingerprint density at radius 3 is 2.91 bits per heavy atom. The van der Waals surface area contributed by atoms with E-state index in [1.54, 1.807) is 35.1 Å². The molecule has 0 aliphatic carbocycles. The van der Waals surface area contributed by atoms with E-state index in [4.69, 9.17) is 16.9 Å². The Labute approximate surface area is 142 Å². The summed E-state index contributed by atoms with van der Waals surface area (Å²) >= 11 is 7.31. The Morgan fingerprint density at radius 2 is 2.26 bits per heavy atom. The number of carbonyl (C=O) groups excluding carboxylic acids is 1. The second-order valence-corrected chi connectivity index (χ2v) is 6.86. The van der Waals surface area contributed by atoms with Crippen LogP contribution in [-0.4, -0.2) is 25.6 Å². The van der Waals surface area contributed by atoms with Crippen LogP contribution in [-0.2, 0) is 11.3 Å². The molecule has 6 nitrogen and oxygen atoms in total. The standard InChI is InChI=1S/C15H12ClN5OS/c16-14-6-5-13(23-14)15(22)18-8-11-9-21(20-19-11)12-3-1-10(7-17)2-4-12/h1-5,9,14H,6,8H2,(H,18,22). The van der Waals surface area contributed by atoms with Gasteiger partial charge in [-0.3, -0.25) is 4.79 Å². The molecule has 1 aromatic carbocycles. The molecule has 1 amide bonds. The second kappa shape index (κ2) is 6.86. The molecule has 0 saturated carbocycles. The normalized spacial score (nSPS) is 16.7. The third kappa shape index (κ3) is 3.73. The van der Waals surface area contributed by atoms with Gasteiger partial charge in [-0.1, -0.05) is 11.3 Å². The number of carbonyl (C=O) groups is 1. The van der Waals surface area contributed by atoms with Crippen LogP contribution in [0.15, 0.2) is 41.4 Å². The number of nitrogens with zero attached hydrogens (tertiary/aromatic N) is 4. The van der Waals surface area contributed by atoms with Crippen molar-refractivity contribution < 1.29 is 4.79 Å². The van der Waals surface area contributed by atoms with Crippen LogP contribution < -0.4 is 5.32 Å². The summed E-state index contributed by atoms with van der Waals surface area (Å²) in [6.07, 6.45) is 4.28. The van der Waals surface area contributed by atoms with E-state index in [1.807, 2.05) is 6.08 Å². The van der Waals surface area contributed by atoms with Crippen molar-refractivity contribution in [1.29, 1.82) is 5.26 Å². The van der Waals surface area contributed by atoms with E-state index in [0.717, 1.165) is 5.69 Å². The molecule has 1 atom stereocenters. The molecular formula is C15H12ClN5OS. The van der Waals surface area contributed by atoms with E-state index in [-0.39, 0.29) is 10.6 Å². The summed E-state index contributed by atoms with van der Waals surface area (Å²) in [5.41, 5.74) is 2.03. The van der Waals surface area contributed by atoms with Crippen LogP contribution in [0.2, 0.25) is 0 Å². The van der Waals surface area contributed by atoms with Gasteiger partial charge in [-0.2, -0.15) is 5.26 Å². The van der Waals surface area contributed by atoms with Gasteiger partial charge < -0.3 is 5.32 Å². The minimum absolute atomic E-state index is 0.0620. The number of halogens is 1. The summed E-state index contributed by atoms with van der Waals surface area (Å²) in [6.45, 7) is 0.292. The molecular weight excluding hydrogens is 334 g/mol. The highest BCUT2D eigenvalue weighted by Gasteiger charge is 2.20. The number of alkyl halides is 1. The lowest BCUT2D eigenvalue weighted by Gasteiger charge is -2.03. The maximum absolute atomic E-state index is 12.0. The number of benzene rings is 1. The molecule has 1 aliphatic heterocycles. The van der Waals surface area contributed by atoms with Gasteiger partial charge in [0.1, 0.15) is 5.69 Å². The van der Waals surface area contributed by atoms with Gasteiger partial charge >= 0.3 is 0 Å². The average Bonchev–Trinajstić information content (AvgIpc) is 3.22. The first-order valence-corrected chi connectivity index (χ1v) is 8.18. The van der Waals surface area contributed by atoms with Crippen LogP contribution in [0.3, 0.4) is 0 Å². The minimum atomic E-state index is -0.147. The maximum atomic E-state index is 12.0. The lowest BCUT2D eigenvalue weighted by atomic mass is 10.2. The van der Waals surface area contributed by atoms with Gasteiger partial charge in [0.2, 0.25) is 0 Å². The van der Waals surface area contributed by atoms with Crippen molar-refractivity contribution in [3.8, 4) is 11.8 Å². The van der Waals surface area contributed by atoms with E-state index >= 15 is 0 Å². The van der Waals surface area contributed by atoms with Crippen LogP contribution >= 0.6 is 23.4 Å². The molecule has 8 heteroatoms. The Kier molecular flexibility index (Phi) is 4.65. The summed E-state index contributed by atoms with van der Waals surface area (Å²) in [5.74, 6) is -0.147. The van der Waals surface area contributed by atoms with Gasteiger partial charge in [-0.25, -0.2) is 4.68 Å². The van der Waals surface area contributed by atoms with E-state index < -0.39 is 0 Å². The number of nitrogens with one attached hydrogen (secondary N) is 1. The van der Waals surface area contributed by atoms with Crippen molar-refractivity contribution in [3.63, 3.8) is 0 Å². The third-order valence-corrected chi connectivity index (χ3v) is 4.70. The molecule has 0 spiro atoms. The highest BCUT2D eigenvalue weighted by Crippen LogP contribution is 2.34. The maximum Gasteiger partial charge on any atom is 0.257 e. The molecule has 1 aliphatic rings. The van der Waals surface area contributed by atoms with Gasteiger partial charge in [0.25, 0.3) is 5.91 Å². The monoisotopic (exact) mass is 345 g/mol. The second-order valence-electron chi connectivity index (χ2n) is 4.83. The first-order valence-electron chi connectivity index (χ1n) is 6.86. The van der Waals surface area contributed by atoms with Crippen LogP contribution in [0.1, 0.15) is 17.7 Å². The van der Waals surface area contributed by atoms with Crippen molar-refractivity contribution >= 4 is 29.3 Å². The van der Waals surface area contributed by atoms with Crippen LogP contribution in [0, 0.1) is 11.3 Å². The molecule has 0 fully saturated rings. The highest BCUT2D eigenvalue weighted by atomic mass is 35.5. The summed E-state index contributed by atoms with van der Waals surface area (Å²) < 4.78 is 1.54. The summed E-state index contributed by atoms with van der Waals surface area (Å²) in [7, 11) is 0. The van der Waals surface area contributed by atoms with E-state index in [1.165, 1.54) is 11.8 Å². The fourth-order valence-electron chi connectivity index (χ4n) is 2.03. The minimum Gasteiger partial charge on any atom is -0.346 e. The van der Waals surface area contributed by atoms with Crippen molar-refractivity contribution in [3.05, 3.63) is 52.7 Å². The van der Waals surface area contributed by atoms with E-state index in [9.17, 15) is 4.79 Å². The molecule has 116 valence electrons. The number of aromatic nitrogens is 3. The number of hydrogen-bond donors (Lipinski definition) is 1. The average molecular weight is 346 g/mol. The molecule has 1 aromatic heterocycles. The zero-order valence-electron chi connectivity index (χ0n) is 11.9. The smallest absolute Gasteiger partial charge is 0.257 e. The Balaban J connectivity index is 1.61. The molecule has 1 N–H and O–H groups in total. The van der Waals surface area contributed by atoms with Crippen LogP contribution in [0.25, 0.3) is 5.69 Å². The molecule has 2 aromatic rings. The Bertz CT molecular complexity index is 793. The van der Waals surface area contributed by atoms with Crippen molar-refractivity contribution in [2.24, 2.45) is 0 Å². The van der Waals surface area contributed by atoms with Gasteiger partial charge in [0, 0.05) is 0 Å². The summed E-state index contributed by atoms with van der Waals surface area (Å²) in [6, 6.07) is 9.07. The first kappa shape index (κ1) is 15.6. The molecule has 23 heavy (non-hydrogen) atoms. The van der Waals surface area contributed by atoms with Crippen molar-refractivity contribution in [1.82, 2.24) is 20.3 Å². The Hall–Kier alpha value is -2.30. The molecule has 2 heterocycles. The van der Waals surface area contributed by atoms with E-state index in [0.29, 0.717) is 29.1 Å². The summed E-state index contributed by atoms with van der Waals surface area (Å²) in [5, 5.41) is 19.6. The molecule has 3 rings (SSSR count). The number of allylic oxidation sites excluding steroid dienone is 1. The number of nitriles is 1. The lowest BCUT2D eigenvalue weighted by molar-refractivity contribution is -0.116. The Morgan fingerprint density at radius 1 is 1.48 bits per heavy atom. The number of rotatable bonds is 4. The SMILES string of the molecule is N#Cc1ccc(-n2cc(CNC(=O)C3=CCC(Cl)S3)nn2)cc1. The molecule has 1 unspecified atom stereocenters. The van der Waals surface area contributed by atoms with Gasteiger partial charge in [-0.05, 0) is 30.7 Å². The predicted octanol–water partition coefficient (Wildman–Crippen LogP) is 2.34. The largest absolute Gasteiger partial charge is 0.346 e. The van der Waals surface area contributed by atoms with Gasteiger partial charge in [0.05, 0.1) is 39.7 Å². The van der Waals surface area contributed by atoms with Crippen molar-refractivity contribution in [2.45, 2.75) is 17.7 Å². The third-order valence-electron chi connectivity index (χ3n) is 3.20. The molecule has 0 saturated heterocycles. The number of amides is 1. The topological polar surface area (TPSA) is 83.6 Å². The van der Waals surface area contributed by atoms with Gasteiger partial charge in [-0.15, -0.1) is 28.5 Å². The van der Waals surface area contributed by atoms with Crippen LogP contribution in [0.5, 0.6) is 0 Å². The first-order chi connectivity index (χ1) is 11.2. The van der Waals surface area contributed by atoms with Crippen LogP contribution in [0.4, 0.5) is 0 Å². The number of hydrogen-bond acceptors (Lipinski definition) is 5. The fraction of sp³-hybridized carbons (Fsp3) is 0.200. The molecule has 0 radical (unpaired) electrons. The number of thioether (sulfide) groups is 1. The quantitative estimate of drug-likeness (QED) is 0.860. The summed E-state index contributed by atoms with van der Waals surface area (Å²) in [4.78, 5) is 12.6. The highest BCUT2D eigenvalue weighted by molar-refractivity contribution is 8.05. The van der Waals surface area contributed by atoms with Crippen molar-refractivity contribution in [2.75, 3.05) is 0 Å².